The molecule has 138 valence electrons. The molecule has 1 heterocycles. The summed E-state index contributed by atoms with van der Waals surface area (Å²) in [7, 11) is -1.89. The van der Waals surface area contributed by atoms with Gasteiger partial charge in [0.25, 0.3) is 5.91 Å². The fourth-order valence-electron chi connectivity index (χ4n) is 2.66. The summed E-state index contributed by atoms with van der Waals surface area (Å²) in [6, 6.07) is 5.26. The van der Waals surface area contributed by atoms with Crippen LogP contribution in [0.4, 0.5) is 0 Å². The standard InChI is InChI=1S/C16H23N3O5S/c1-24-11-14(17)16(21)19-8-6-18(7-9-19)15(20)12-4-3-5-13(10-12)25(2,22)23/h3-5,10,14H,6-9,11,17H2,1-2H3. The molecular weight excluding hydrogens is 346 g/mol. The molecule has 1 aliphatic heterocycles. The van der Waals surface area contributed by atoms with Crippen molar-refractivity contribution in [3.8, 4) is 0 Å². The maximum absolute atomic E-state index is 12.6. The van der Waals surface area contributed by atoms with E-state index in [4.69, 9.17) is 10.5 Å². The van der Waals surface area contributed by atoms with Crippen molar-refractivity contribution >= 4 is 21.7 Å². The third-order valence-corrected chi connectivity index (χ3v) is 5.16. The Labute approximate surface area is 147 Å². The molecule has 0 aromatic heterocycles. The first kappa shape index (κ1) is 19.4. The molecule has 1 aromatic rings. The van der Waals surface area contributed by atoms with E-state index in [9.17, 15) is 18.0 Å². The van der Waals surface area contributed by atoms with E-state index in [1.807, 2.05) is 0 Å². The maximum atomic E-state index is 12.6. The molecule has 1 saturated heterocycles. The lowest BCUT2D eigenvalue weighted by Gasteiger charge is -2.35. The molecule has 2 amide bonds. The average molecular weight is 369 g/mol. The summed E-state index contributed by atoms with van der Waals surface area (Å²) in [5.74, 6) is -0.452. The summed E-state index contributed by atoms with van der Waals surface area (Å²) in [6.07, 6.45) is 1.10. The second-order valence-electron chi connectivity index (χ2n) is 5.98. The number of nitrogens with zero attached hydrogens (tertiary/aromatic N) is 2. The Kier molecular flexibility index (Phi) is 6.15. The summed E-state index contributed by atoms with van der Waals surface area (Å²) in [4.78, 5) is 28.0. The maximum Gasteiger partial charge on any atom is 0.254 e. The Bertz CT molecular complexity index is 742. The Morgan fingerprint density at radius 3 is 2.36 bits per heavy atom. The van der Waals surface area contributed by atoms with Crippen LogP contribution in [0.1, 0.15) is 10.4 Å². The van der Waals surface area contributed by atoms with Crippen LogP contribution in [0.3, 0.4) is 0 Å². The first-order valence-electron chi connectivity index (χ1n) is 7.86. The SMILES string of the molecule is COCC(N)C(=O)N1CCN(C(=O)c2cccc(S(C)(=O)=O)c2)CC1. The molecular formula is C16H23N3O5S. The van der Waals surface area contributed by atoms with Crippen molar-refractivity contribution in [2.75, 3.05) is 46.2 Å². The first-order chi connectivity index (χ1) is 11.7. The van der Waals surface area contributed by atoms with Gasteiger partial charge in [-0.05, 0) is 18.2 Å². The number of amides is 2. The number of sulfone groups is 1. The summed E-state index contributed by atoms with van der Waals surface area (Å²) < 4.78 is 28.1. The monoisotopic (exact) mass is 369 g/mol. The van der Waals surface area contributed by atoms with Gasteiger partial charge in [0.1, 0.15) is 6.04 Å². The van der Waals surface area contributed by atoms with Gasteiger partial charge in [-0.2, -0.15) is 0 Å². The normalized spacial score (nSPS) is 16.6. The van der Waals surface area contributed by atoms with E-state index in [1.165, 1.54) is 19.2 Å². The minimum absolute atomic E-state index is 0.109. The average Bonchev–Trinajstić information content (AvgIpc) is 2.60. The molecule has 0 aliphatic carbocycles. The van der Waals surface area contributed by atoms with Gasteiger partial charge in [0.2, 0.25) is 5.91 Å². The zero-order chi connectivity index (χ0) is 18.6. The number of methoxy groups -OCH3 is 1. The van der Waals surface area contributed by atoms with Crippen molar-refractivity contribution in [3.63, 3.8) is 0 Å². The van der Waals surface area contributed by atoms with Gasteiger partial charge in [-0.15, -0.1) is 0 Å². The van der Waals surface area contributed by atoms with Gasteiger partial charge < -0.3 is 20.3 Å². The number of nitrogens with two attached hydrogens (primary N) is 1. The highest BCUT2D eigenvalue weighted by atomic mass is 32.2. The molecule has 9 heteroatoms. The Morgan fingerprint density at radius 2 is 1.80 bits per heavy atom. The third kappa shape index (κ3) is 4.77. The van der Waals surface area contributed by atoms with Gasteiger partial charge in [0, 0.05) is 45.1 Å². The lowest BCUT2D eigenvalue weighted by atomic mass is 10.1. The molecule has 1 atom stereocenters. The quantitative estimate of drug-likeness (QED) is 0.738. The number of hydrogen-bond acceptors (Lipinski definition) is 6. The second kappa shape index (κ2) is 7.94. The highest BCUT2D eigenvalue weighted by molar-refractivity contribution is 7.90. The van der Waals surface area contributed by atoms with E-state index >= 15 is 0 Å². The first-order valence-corrected chi connectivity index (χ1v) is 9.76. The molecule has 0 radical (unpaired) electrons. The number of piperazine rings is 1. The smallest absolute Gasteiger partial charge is 0.254 e. The van der Waals surface area contributed by atoms with Gasteiger partial charge >= 0.3 is 0 Å². The van der Waals surface area contributed by atoms with Crippen LogP contribution in [-0.4, -0.2) is 82.2 Å². The number of carbonyl (C=O) groups is 2. The molecule has 0 bridgehead atoms. The van der Waals surface area contributed by atoms with Crippen LogP contribution in [0.25, 0.3) is 0 Å². The predicted octanol–water partition coefficient (Wildman–Crippen LogP) is -0.652. The molecule has 0 saturated carbocycles. The van der Waals surface area contributed by atoms with Gasteiger partial charge in [-0.3, -0.25) is 9.59 Å². The lowest BCUT2D eigenvalue weighted by Crippen LogP contribution is -2.55. The van der Waals surface area contributed by atoms with Crippen LogP contribution < -0.4 is 5.73 Å². The van der Waals surface area contributed by atoms with Crippen molar-refractivity contribution in [1.82, 2.24) is 9.80 Å². The van der Waals surface area contributed by atoms with Crippen LogP contribution in [0, 0.1) is 0 Å². The fourth-order valence-corrected chi connectivity index (χ4v) is 3.32. The Hall–Kier alpha value is -1.97. The van der Waals surface area contributed by atoms with Crippen molar-refractivity contribution in [3.05, 3.63) is 29.8 Å². The molecule has 2 rings (SSSR count). The van der Waals surface area contributed by atoms with E-state index in [2.05, 4.69) is 0 Å². The van der Waals surface area contributed by atoms with Crippen LogP contribution in [-0.2, 0) is 19.4 Å². The number of rotatable bonds is 5. The van der Waals surface area contributed by atoms with Crippen LogP contribution in [0.2, 0.25) is 0 Å². The number of benzene rings is 1. The molecule has 1 fully saturated rings. The van der Waals surface area contributed by atoms with Gasteiger partial charge in [-0.1, -0.05) is 6.07 Å². The minimum Gasteiger partial charge on any atom is -0.383 e. The van der Waals surface area contributed by atoms with Gasteiger partial charge in [-0.25, -0.2) is 8.42 Å². The number of hydrogen-bond donors (Lipinski definition) is 1. The molecule has 1 aliphatic rings. The van der Waals surface area contributed by atoms with Crippen molar-refractivity contribution in [2.24, 2.45) is 5.73 Å². The van der Waals surface area contributed by atoms with Crippen LogP contribution >= 0.6 is 0 Å². The number of ether oxygens (including phenoxy) is 1. The molecule has 8 nitrogen and oxygen atoms in total. The minimum atomic E-state index is -3.37. The highest BCUT2D eigenvalue weighted by Gasteiger charge is 2.27. The van der Waals surface area contributed by atoms with Crippen molar-refractivity contribution < 1.29 is 22.7 Å². The summed E-state index contributed by atoms with van der Waals surface area (Å²) in [6.45, 7) is 1.65. The lowest BCUT2D eigenvalue weighted by molar-refractivity contribution is -0.135. The number of carbonyl (C=O) groups excluding carboxylic acids is 2. The third-order valence-electron chi connectivity index (χ3n) is 4.05. The predicted molar refractivity (Wildman–Crippen MR) is 91.9 cm³/mol. The van der Waals surface area contributed by atoms with E-state index in [0.29, 0.717) is 31.7 Å². The topological polar surface area (TPSA) is 110 Å². The van der Waals surface area contributed by atoms with Crippen molar-refractivity contribution in [2.45, 2.75) is 10.9 Å². The van der Waals surface area contributed by atoms with Gasteiger partial charge in [0.15, 0.2) is 9.84 Å². The zero-order valence-electron chi connectivity index (χ0n) is 14.3. The Morgan fingerprint density at radius 1 is 1.20 bits per heavy atom. The van der Waals surface area contributed by atoms with Crippen molar-refractivity contribution in [1.29, 1.82) is 0 Å². The second-order valence-corrected chi connectivity index (χ2v) is 8.00. The van der Waals surface area contributed by atoms with E-state index in [0.717, 1.165) is 6.26 Å². The summed E-state index contributed by atoms with van der Waals surface area (Å²) in [5, 5.41) is 0. The molecule has 0 spiro atoms. The molecule has 1 unspecified atom stereocenters. The van der Waals surface area contributed by atoms with Crippen LogP contribution in [0.15, 0.2) is 29.2 Å². The van der Waals surface area contributed by atoms with E-state index in [-0.39, 0.29) is 23.3 Å². The van der Waals surface area contributed by atoms with Gasteiger partial charge in [0.05, 0.1) is 11.5 Å². The largest absolute Gasteiger partial charge is 0.383 e. The summed E-state index contributed by atoms with van der Waals surface area (Å²) >= 11 is 0. The highest BCUT2D eigenvalue weighted by Crippen LogP contribution is 2.15. The van der Waals surface area contributed by atoms with E-state index in [1.54, 1.807) is 21.9 Å². The molecule has 1 aromatic carbocycles. The van der Waals surface area contributed by atoms with Crippen LogP contribution in [0.5, 0.6) is 0 Å². The zero-order valence-corrected chi connectivity index (χ0v) is 15.2. The van der Waals surface area contributed by atoms with E-state index < -0.39 is 15.9 Å². The summed E-state index contributed by atoms with van der Waals surface area (Å²) in [5.41, 5.74) is 6.07. The fraction of sp³-hybridized carbons (Fsp3) is 0.500. The molecule has 25 heavy (non-hydrogen) atoms. The Balaban J connectivity index is 2.01. The molecule has 2 N–H and O–H groups in total.